The lowest BCUT2D eigenvalue weighted by molar-refractivity contribution is 0.0294. The van der Waals surface area contributed by atoms with Crippen LogP contribution in [0.3, 0.4) is 0 Å². The number of carbonyl (C=O) groups excluding carboxylic acids is 1. The zero-order valence-corrected chi connectivity index (χ0v) is 11.2. The summed E-state index contributed by atoms with van der Waals surface area (Å²) in [7, 11) is 0. The number of benzene rings is 1. The summed E-state index contributed by atoms with van der Waals surface area (Å²) in [5, 5.41) is 0. The quantitative estimate of drug-likeness (QED) is 0.716. The zero-order valence-electron chi connectivity index (χ0n) is 11.2. The summed E-state index contributed by atoms with van der Waals surface area (Å²) in [6.07, 6.45) is 6.07. The molecule has 1 aromatic rings. The van der Waals surface area contributed by atoms with E-state index in [4.69, 9.17) is 4.74 Å². The van der Waals surface area contributed by atoms with Gasteiger partial charge in [0, 0.05) is 6.42 Å². The Morgan fingerprint density at radius 3 is 2.68 bits per heavy atom. The minimum absolute atomic E-state index is 0.153. The average molecular weight is 262 g/mol. The lowest BCUT2D eigenvalue weighted by atomic mass is 9.82. The molecule has 1 unspecified atom stereocenters. The minimum Gasteiger partial charge on any atom is -0.459 e. The van der Waals surface area contributed by atoms with Crippen LogP contribution >= 0.6 is 0 Å². The molecule has 102 valence electrons. The Labute approximate surface area is 113 Å². The van der Waals surface area contributed by atoms with Gasteiger partial charge in [-0.1, -0.05) is 31.4 Å². The number of halogens is 1. The maximum atomic E-state index is 14.6. The highest BCUT2D eigenvalue weighted by molar-refractivity contribution is 5.92. The molecule has 1 aliphatic carbocycles. The predicted molar refractivity (Wildman–Crippen MR) is 70.8 cm³/mol. The molecule has 1 atom stereocenters. The third kappa shape index (κ3) is 2.26. The van der Waals surface area contributed by atoms with E-state index >= 15 is 0 Å². The van der Waals surface area contributed by atoms with Crippen LogP contribution in [0.25, 0.3) is 0 Å². The fraction of sp³-hybridized carbons (Fsp3) is 0.562. The minimum atomic E-state index is -0.496. The van der Waals surface area contributed by atoms with Gasteiger partial charge in [-0.05, 0) is 36.8 Å². The highest BCUT2D eigenvalue weighted by atomic mass is 19.1. The molecular weight excluding hydrogens is 243 g/mol. The number of esters is 1. The molecule has 0 radical (unpaired) electrons. The fourth-order valence-electron chi connectivity index (χ4n) is 3.34. The molecule has 2 nitrogen and oxygen atoms in total. The molecule has 19 heavy (non-hydrogen) atoms. The van der Waals surface area contributed by atoms with Gasteiger partial charge in [-0.2, -0.15) is 0 Å². The fourth-order valence-corrected chi connectivity index (χ4v) is 3.34. The number of hydrogen-bond acceptors (Lipinski definition) is 2. The second-order valence-corrected chi connectivity index (χ2v) is 5.76. The van der Waals surface area contributed by atoms with Crippen molar-refractivity contribution in [2.45, 2.75) is 57.5 Å². The number of carbonyl (C=O) groups is 1. The van der Waals surface area contributed by atoms with Gasteiger partial charge in [0.1, 0.15) is 11.9 Å². The molecule has 3 rings (SSSR count). The highest BCUT2D eigenvalue weighted by Crippen LogP contribution is 2.36. The third-order valence-electron chi connectivity index (χ3n) is 4.32. The molecular formula is C16H19FO2. The van der Waals surface area contributed by atoms with E-state index < -0.39 is 5.97 Å². The molecule has 1 saturated carbocycles. The maximum Gasteiger partial charge on any atom is 0.341 e. The Kier molecular flexibility index (Phi) is 3.29. The Bertz CT molecular complexity index is 504. The first kappa shape index (κ1) is 12.6. The molecule has 1 aromatic carbocycles. The Hall–Kier alpha value is -1.38. The van der Waals surface area contributed by atoms with E-state index in [0.29, 0.717) is 12.0 Å². The normalized spacial score (nSPS) is 23.9. The van der Waals surface area contributed by atoms with Gasteiger partial charge in [-0.25, -0.2) is 9.18 Å². The standard InChI is InChI=1S/C16H19FO2/c1-10-9-12-7-8-13(11-5-3-2-4-6-11)15(17)14(12)16(18)19-10/h7-8,10-11H,2-6,9H2,1H3. The van der Waals surface area contributed by atoms with E-state index in [-0.39, 0.29) is 23.4 Å². The first-order chi connectivity index (χ1) is 9.16. The maximum absolute atomic E-state index is 14.6. The van der Waals surface area contributed by atoms with Gasteiger partial charge < -0.3 is 4.74 Å². The molecule has 1 fully saturated rings. The largest absolute Gasteiger partial charge is 0.459 e. The second kappa shape index (κ2) is 4.95. The lowest BCUT2D eigenvalue weighted by Crippen LogP contribution is -2.27. The molecule has 0 N–H and O–H groups in total. The van der Waals surface area contributed by atoms with Crippen LogP contribution in [0.2, 0.25) is 0 Å². The first-order valence-electron chi connectivity index (χ1n) is 7.19. The van der Waals surface area contributed by atoms with Crippen LogP contribution < -0.4 is 0 Å². The van der Waals surface area contributed by atoms with Gasteiger partial charge in [-0.15, -0.1) is 0 Å². The SMILES string of the molecule is CC1Cc2ccc(C3CCCCC3)c(F)c2C(=O)O1. The van der Waals surface area contributed by atoms with Crippen LogP contribution in [-0.4, -0.2) is 12.1 Å². The van der Waals surface area contributed by atoms with Crippen LogP contribution in [0.5, 0.6) is 0 Å². The first-order valence-corrected chi connectivity index (χ1v) is 7.19. The van der Waals surface area contributed by atoms with E-state index in [1.807, 2.05) is 19.1 Å². The van der Waals surface area contributed by atoms with Gasteiger partial charge in [0.05, 0.1) is 5.56 Å². The predicted octanol–water partition coefficient (Wildman–Crippen LogP) is 3.97. The van der Waals surface area contributed by atoms with E-state index in [0.717, 1.165) is 31.2 Å². The molecule has 0 bridgehead atoms. The highest BCUT2D eigenvalue weighted by Gasteiger charge is 2.30. The van der Waals surface area contributed by atoms with Crippen molar-refractivity contribution in [2.24, 2.45) is 0 Å². The summed E-state index contributed by atoms with van der Waals surface area (Å²) in [4.78, 5) is 11.9. The van der Waals surface area contributed by atoms with E-state index in [2.05, 4.69) is 0 Å². The van der Waals surface area contributed by atoms with Crippen molar-refractivity contribution in [3.63, 3.8) is 0 Å². The van der Waals surface area contributed by atoms with Gasteiger partial charge in [0.2, 0.25) is 0 Å². The summed E-state index contributed by atoms with van der Waals surface area (Å²) < 4.78 is 19.8. The third-order valence-corrected chi connectivity index (χ3v) is 4.32. The second-order valence-electron chi connectivity index (χ2n) is 5.76. The Morgan fingerprint density at radius 1 is 1.21 bits per heavy atom. The van der Waals surface area contributed by atoms with Gasteiger partial charge in [-0.3, -0.25) is 0 Å². The smallest absolute Gasteiger partial charge is 0.341 e. The van der Waals surface area contributed by atoms with Crippen molar-refractivity contribution in [3.8, 4) is 0 Å². The van der Waals surface area contributed by atoms with Crippen LogP contribution in [0.1, 0.15) is 66.4 Å². The monoisotopic (exact) mass is 262 g/mol. The van der Waals surface area contributed by atoms with Crippen LogP contribution in [-0.2, 0) is 11.2 Å². The molecule has 2 aliphatic rings. The topological polar surface area (TPSA) is 26.3 Å². The van der Waals surface area contributed by atoms with Gasteiger partial charge >= 0.3 is 5.97 Å². The number of ether oxygens (including phenoxy) is 1. The Morgan fingerprint density at radius 2 is 1.95 bits per heavy atom. The van der Waals surface area contributed by atoms with Crippen molar-refractivity contribution in [1.82, 2.24) is 0 Å². The molecule has 1 aliphatic heterocycles. The number of hydrogen-bond donors (Lipinski definition) is 0. The average Bonchev–Trinajstić information content (AvgIpc) is 2.39. The number of cyclic esters (lactones) is 1. The van der Waals surface area contributed by atoms with Crippen molar-refractivity contribution >= 4 is 5.97 Å². The molecule has 0 aromatic heterocycles. The summed E-state index contributed by atoms with van der Waals surface area (Å²) in [6.45, 7) is 1.84. The van der Waals surface area contributed by atoms with Crippen LogP contribution in [0.15, 0.2) is 12.1 Å². The summed E-state index contributed by atoms with van der Waals surface area (Å²) >= 11 is 0. The van der Waals surface area contributed by atoms with Gasteiger partial charge in [0.25, 0.3) is 0 Å². The molecule has 3 heteroatoms. The van der Waals surface area contributed by atoms with E-state index in [1.165, 1.54) is 6.42 Å². The summed E-state index contributed by atoms with van der Waals surface area (Å²) in [5.41, 5.74) is 1.69. The van der Waals surface area contributed by atoms with Crippen LogP contribution in [0.4, 0.5) is 4.39 Å². The lowest BCUT2D eigenvalue weighted by Gasteiger charge is -2.26. The van der Waals surface area contributed by atoms with Crippen molar-refractivity contribution in [1.29, 1.82) is 0 Å². The molecule has 0 amide bonds. The molecule has 1 heterocycles. The van der Waals surface area contributed by atoms with E-state index in [1.54, 1.807) is 0 Å². The Balaban J connectivity index is 2.00. The summed E-state index contributed by atoms with van der Waals surface area (Å²) in [5.74, 6) is -0.559. The van der Waals surface area contributed by atoms with E-state index in [9.17, 15) is 9.18 Å². The van der Waals surface area contributed by atoms with Gasteiger partial charge in [0.15, 0.2) is 0 Å². The molecule has 0 saturated heterocycles. The number of fused-ring (bicyclic) bond motifs is 1. The van der Waals surface area contributed by atoms with Crippen molar-refractivity contribution in [3.05, 3.63) is 34.6 Å². The zero-order chi connectivity index (χ0) is 13.4. The van der Waals surface area contributed by atoms with Crippen LogP contribution in [0, 0.1) is 5.82 Å². The van der Waals surface area contributed by atoms with Crippen molar-refractivity contribution < 1.29 is 13.9 Å². The van der Waals surface area contributed by atoms with Crippen molar-refractivity contribution in [2.75, 3.05) is 0 Å². The molecule has 0 spiro atoms. The number of rotatable bonds is 1. The summed E-state index contributed by atoms with van der Waals surface area (Å²) in [6, 6.07) is 3.80.